The number of benzene rings is 1. The highest BCUT2D eigenvalue weighted by molar-refractivity contribution is 5.67. The zero-order valence-corrected chi connectivity index (χ0v) is 16.8. The van der Waals surface area contributed by atoms with Gasteiger partial charge in [0.05, 0.1) is 19.4 Å². The molecule has 2 heterocycles. The van der Waals surface area contributed by atoms with Crippen LogP contribution in [0.4, 0.5) is 0 Å². The monoisotopic (exact) mass is 371 g/mol. The summed E-state index contributed by atoms with van der Waals surface area (Å²) in [5, 5.41) is 11.1. The summed E-state index contributed by atoms with van der Waals surface area (Å²) in [5.41, 5.74) is 4.58. The lowest BCUT2D eigenvalue weighted by atomic mass is 10.0. The van der Waals surface area contributed by atoms with Crippen LogP contribution in [0.5, 0.6) is 11.5 Å². The first-order valence-corrected chi connectivity index (χ1v) is 10.4. The van der Waals surface area contributed by atoms with Crippen molar-refractivity contribution in [1.82, 2.24) is 15.5 Å². The number of ether oxygens (including phenoxy) is 2. The second kappa shape index (κ2) is 10.4. The van der Waals surface area contributed by atoms with Crippen molar-refractivity contribution in [3.05, 3.63) is 29.5 Å². The summed E-state index contributed by atoms with van der Waals surface area (Å²) in [4.78, 5) is 0. The zero-order valence-electron chi connectivity index (χ0n) is 16.8. The number of methoxy groups -OCH3 is 1. The van der Waals surface area contributed by atoms with E-state index in [-0.39, 0.29) is 0 Å². The lowest BCUT2D eigenvalue weighted by Crippen LogP contribution is -2.23. The number of rotatable bonds is 11. The molecule has 5 nitrogen and oxygen atoms in total. The van der Waals surface area contributed by atoms with Crippen LogP contribution in [0, 0.1) is 0 Å². The molecule has 1 aromatic heterocycles. The van der Waals surface area contributed by atoms with E-state index in [9.17, 15) is 0 Å². The molecule has 1 aliphatic rings. The molecule has 0 amide bonds. The third-order valence-electron chi connectivity index (χ3n) is 5.25. The van der Waals surface area contributed by atoms with Gasteiger partial charge in [-0.1, -0.05) is 45.4 Å². The summed E-state index contributed by atoms with van der Waals surface area (Å²) in [6.45, 7) is 4.86. The lowest BCUT2D eigenvalue weighted by molar-refractivity contribution is 0.284. The Hall–Kier alpha value is -2.01. The first-order chi connectivity index (χ1) is 13.3. The normalized spacial score (nSPS) is 13.4. The van der Waals surface area contributed by atoms with Gasteiger partial charge in [-0.2, -0.15) is 5.10 Å². The fourth-order valence-electron chi connectivity index (χ4n) is 3.64. The van der Waals surface area contributed by atoms with Crippen LogP contribution < -0.4 is 14.8 Å². The first kappa shape index (κ1) is 19.7. The molecular formula is C22H33N3O2. The van der Waals surface area contributed by atoms with Gasteiger partial charge in [-0.3, -0.25) is 5.10 Å². The van der Waals surface area contributed by atoms with E-state index in [2.05, 4.69) is 28.5 Å². The van der Waals surface area contributed by atoms with Crippen LogP contribution in [0.1, 0.15) is 63.1 Å². The molecule has 0 radical (unpaired) electrons. The predicted molar refractivity (Wildman–Crippen MR) is 109 cm³/mol. The predicted octanol–water partition coefficient (Wildman–Crippen LogP) is 4.86. The maximum absolute atomic E-state index is 5.98. The molecule has 0 aliphatic carbocycles. The van der Waals surface area contributed by atoms with E-state index < -0.39 is 0 Å². The summed E-state index contributed by atoms with van der Waals surface area (Å²) in [5.74, 6) is 1.59. The van der Waals surface area contributed by atoms with Crippen molar-refractivity contribution in [1.29, 1.82) is 0 Å². The third-order valence-corrected chi connectivity index (χ3v) is 5.25. The Morgan fingerprint density at radius 3 is 2.67 bits per heavy atom. The lowest BCUT2D eigenvalue weighted by Gasteiger charge is -2.14. The van der Waals surface area contributed by atoms with E-state index in [1.54, 1.807) is 7.11 Å². The van der Waals surface area contributed by atoms with Gasteiger partial charge >= 0.3 is 0 Å². The Balaban J connectivity index is 1.54. The number of hydrogen-bond acceptors (Lipinski definition) is 4. The van der Waals surface area contributed by atoms with Crippen LogP contribution in [0.15, 0.2) is 18.2 Å². The zero-order chi connectivity index (χ0) is 18.9. The fraction of sp³-hybridized carbons (Fsp3) is 0.591. The van der Waals surface area contributed by atoms with E-state index in [0.29, 0.717) is 0 Å². The van der Waals surface area contributed by atoms with Crippen LogP contribution in [-0.4, -0.2) is 30.5 Å². The van der Waals surface area contributed by atoms with E-state index in [0.717, 1.165) is 55.3 Å². The summed E-state index contributed by atoms with van der Waals surface area (Å²) in [6.07, 6.45) is 9.99. The van der Waals surface area contributed by atoms with Crippen LogP contribution >= 0.6 is 0 Å². The molecule has 0 saturated heterocycles. The summed E-state index contributed by atoms with van der Waals surface area (Å²) >= 11 is 0. The van der Waals surface area contributed by atoms with Gasteiger partial charge in [0.1, 0.15) is 0 Å². The molecule has 3 rings (SSSR count). The van der Waals surface area contributed by atoms with Crippen molar-refractivity contribution in [2.75, 3.05) is 20.3 Å². The Morgan fingerprint density at radius 2 is 1.85 bits per heavy atom. The molecule has 1 aromatic carbocycles. The summed E-state index contributed by atoms with van der Waals surface area (Å²) < 4.78 is 11.5. The largest absolute Gasteiger partial charge is 0.493 e. The molecule has 0 bridgehead atoms. The number of hydrogen-bond donors (Lipinski definition) is 2. The van der Waals surface area contributed by atoms with Gasteiger partial charge in [0.15, 0.2) is 11.5 Å². The second-order valence-corrected chi connectivity index (χ2v) is 7.29. The van der Waals surface area contributed by atoms with E-state index in [1.165, 1.54) is 49.8 Å². The molecule has 2 N–H and O–H groups in total. The molecule has 0 fully saturated rings. The molecule has 1 aliphatic heterocycles. The molecule has 148 valence electrons. The average molecular weight is 372 g/mol. The Morgan fingerprint density at radius 1 is 1.04 bits per heavy atom. The maximum atomic E-state index is 5.98. The van der Waals surface area contributed by atoms with Crippen LogP contribution in [-0.2, 0) is 13.0 Å². The standard InChI is InChI=1S/C22H33N3O2/c1-3-4-5-6-7-8-9-14-27-20-11-10-17(15-21(20)26-2)22-18-16-23-13-12-19(18)24-25-22/h10-11,15,23H,3-9,12-14,16H2,1-2H3,(H,24,25). The number of aromatic amines is 1. The molecule has 27 heavy (non-hydrogen) atoms. The summed E-state index contributed by atoms with van der Waals surface area (Å²) in [7, 11) is 1.70. The number of fused-ring (bicyclic) bond motifs is 1. The van der Waals surface area contributed by atoms with Crippen molar-refractivity contribution in [2.45, 2.75) is 64.8 Å². The van der Waals surface area contributed by atoms with E-state index in [4.69, 9.17) is 9.47 Å². The summed E-state index contributed by atoms with van der Waals surface area (Å²) in [6, 6.07) is 6.12. The average Bonchev–Trinajstić information content (AvgIpc) is 3.14. The Bertz CT molecular complexity index is 712. The third kappa shape index (κ3) is 5.25. The van der Waals surface area contributed by atoms with Crippen molar-refractivity contribution >= 4 is 0 Å². The number of unbranched alkanes of at least 4 members (excludes halogenated alkanes) is 6. The number of nitrogens with one attached hydrogen (secondary N) is 2. The number of nitrogens with zero attached hydrogens (tertiary/aromatic N) is 1. The number of aromatic nitrogens is 2. The molecule has 0 saturated carbocycles. The molecule has 5 heteroatoms. The van der Waals surface area contributed by atoms with E-state index >= 15 is 0 Å². The molecule has 0 unspecified atom stereocenters. The van der Waals surface area contributed by atoms with Gasteiger partial charge in [-0.25, -0.2) is 0 Å². The van der Waals surface area contributed by atoms with Crippen molar-refractivity contribution in [3.63, 3.8) is 0 Å². The van der Waals surface area contributed by atoms with Crippen LogP contribution in [0.25, 0.3) is 11.3 Å². The van der Waals surface area contributed by atoms with Gasteiger partial charge in [0.25, 0.3) is 0 Å². The van der Waals surface area contributed by atoms with Crippen molar-refractivity contribution < 1.29 is 9.47 Å². The first-order valence-electron chi connectivity index (χ1n) is 10.4. The maximum Gasteiger partial charge on any atom is 0.161 e. The molecule has 0 spiro atoms. The molecular weight excluding hydrogens is 338 g/mol. The van der Waals surface area contributed by atoms with Gasteiger partial charge < -0.3 is 14.8 Å². The quantitative estimate of drug-likeness (QED) is 0.554. The fourth-order valence-corrected chi connectivity index (χ4v) is 3.64. The topological polar surface area (TPSA) is 59.2 Å². The minimum Gasteiger partial charge on any atom is -0.493 e. The Labute approximate surface area is 162 Å². The van der Waals surface area contributed by atoms with Crippen molar-refractivity contribution in [2.24, 2.45) is 0 Å². The highest BCUT2D eigenvalue weighted by Gasteiger charge is 2.18. The van der Waals surface area contributed by atoms with Crippen LogP contribution in [0.2, 0.25) is 0 Å². The van der Waals surface area contributed by atoms with E-state index in [1.807, 2.05) is 12.1 Å². The molecule has 0 atom stereocenters. The molecule has 2 aromatic rings. The van der Waals surface area contributed by atoms with Crippen molar-refractivity contribution in [3.8, 4) is 22.8 Å². The number of H-pyrrole nitrogens is 1. The minimum absolute atomic E-state index is 0.741. The Kier molecular flexibility index (Phi) is 7.57. The van der Waals surface area contributed by atoms with Gasteiger partial charge in [0, 0.05) is 36.3 Å². The van der Waals surface area contributed by atoms with Gasteiger partial charge in [-0.05, 0) is 24.6 Å². The van der Waals surface area contributed by atoms with Crippen LogP contribution in [0.3, 0.4) is 0 Å². The van der Waals surface area contributed by atoms with Gasteiger partial charge in [-0.15, -0.1) is 0 Å². The second-order valence-electron chi connectivity index (χ2n) is 7.29. The minimum atomic E-state index is 0.741. The SMILES string of the molecule is CCCCCCCCCOc1ccc(-c2n[nH]c3c2CNCC3)cc1OC. The smallest absolute Gasteiger partial charge is 0.161 e. The highest BCUT2D eigenvalue weighted by Crippen LogP contribution is 2.34. The highest BCUT2D eigenvalue weighted by atomic mass is 16.5. The van der Waals surface area contributed by atoms with Gasteiger partial charge in [0.2, 0.25) is 0 Å².